The molecule has 0 aliphatic heterocycles. The molecule has 43 heavy (non-hydrogen) atoms. The van der Waals surface area contributed by atoms with Gasteiger partial charge in [-0.1, -0.05) is 83.9 Å². The van der Waals surface area contributed by atoms with Crippen LogP contribution in [0.3, 0.4) is 0 Å². The first-order valence-electron chi connectivity index (χ1n) is 13.6. The van der Waals surface area contributed by atoms with E-state index in [-0.39, 0.29) is 17.9 Å². The minimum atomic E-state index is -4.17. The van der Waals surface area contributed by atoms with Crippen LogP contribution in [0, 0.1) is 13.8 Å². The van der Waals surface area contributed by atoms with E-state index in [4.69, 9.17) is 23.2 Å². The third-order valence-corrected chi connectivity index (χ3v) is 9.64. The number of rotatable bonds is 11. The van der Waals surface area contributed by atoms with Crippen molar-refractivity contribution in [2.75, 3.05) is 17.9 Å². The van der Waals surface area contributed by atoms with Crippen molar-refractivity contribution in [3.8, 4) is 0 Å². The maximum absolute atomic E-state index is 14.4. The molecule has 224 valence electrons. The highest BCUT2D eigenvalue weighted by Crippen LogP contribution is 2.28. The number of hydrogen-bond acceptors (Lipinski definition) is 4. The Hall–Kier alpha value is -3.85. The second kappa shape index (κ2) is 14.1. The molecule has 0 spiro atoms. The van der Waals surface area contributed by atoms with Gasteiger partial charge in [-0.3, -0.25) is 13.9 Å². The summed E-state index contributed by atoms with van der Waals surface area (Å²) in [5, 5.41) is 3.41. The molecule has 0 fully saturated rings. The summed E-state index contributed by atoms with van der Waals surface area (Å²) in [4.78, 5) is 29.1. The molecule has 0 bridgehead atoms. The predicted molar refractivity (Wildman–Crippen MR) is 172 cm³/mol. The van der Waals surface area contributed by atoms with Gasteiger partial charge in [-0.2, -0.15) is 0 Å². The van der Waals surface area contributed by atoms with Crippen LogP contribution in [0.2, 0.25) is 10.0 Å². The van der Waals surface area contributed by atoms with Crippen LogP contribution < -0.4 is 9.62 Å². The second-order valence-corrected chi connectivity index (χ2v) is 12.9. The minimum absolute atomic E-state index is 0.0421. The highest BCUT2D eigenvalue weighted by atomic mass is 35.5. The Morgan fingerprint density at radius 2 is 1.49 bits per heavy atom. The molecule has 0 saturated carbocycles. The van der Waals surface area contributed by atoms with E-state index in [1.807, 2.05) is 50.2 Å². The number of amides is 2. The summed E-state index contributed by atoms with van der Waals surface area (Å²) in [5.74, 6) is -0.973. The predicted octanol–water partition coefficient (Wildman–Crippen LogP) is 6.19. The molecule has 1 N–H and O–H groups in total. The van der Waals surface area contributed by atoms with Crippen LogP contribution in [0.4, 0.5) is 5.69 Å². The van der Waals surface area contributed by atoms with Gasteiger partial charge in [-0.25, -0.2) is 8.42 Å². The van der Waals surface area contributed by atoms with Crippen LogP contribution in [0.1, 0.15) is 22.3 Å². The highest BCUT2D eigenvalue weighted by Gasteiger charge is 2.34. The smallest absolute Gasteiger partial charge is 0.264 e. The number of hydrogen-bond donors (Lipinski definition) is 1. The number of carbonyl (C=O) groups excluding carboxylic acids is 2. The average Bonchev–Trinajstić information content (AvgIpc) is 3.00. The van der Waals surface area contributed by atoms with Gasteiger partial charge in [0.2, 0.25) is 11.8 Å². The number of nitrogens with one attached hydrogen (secondary N) is 1. The van der Waals surface area contributed by atoms with E-state index < -0.39 is 34.4 Å². The molecule has 0 aromatic heterocycles. The lowest BCUT2D eigenvalue weighted by Gasteiger charge is -2.34. The molecule has 0 radical (unpaired) electrons. The van der Waals surface area contributed by atoms with Gasteiger partial charge in [0.05, 0.1) is 10.6 Å². The fraction of sp³-hybridized carbons (Fsp3) is 0.212. The molecule has 0 heterocycles. The number of anilines is 1. The molecule has 4 rings (SSSR count). The summed E-state index contributed by atoms with van der Waals surface area (Å²) in [6.45, 7) is 3.21. The molecular formula is C33H33Cl2N3O4S. The summed E-state index contributed by atoms with van der Waals surface area (Å²) < 4.78 is 29.2. The lowest BCUT2D eigenvalue weighted by atomic mass is 10.0. The van der Waals surface area contributed by atoms with Crippen molar-refractivity contribution in [2.45, 2.75) is 37.8 Å². The van der Waals surface area contributed by atoms with Gasteiger partial charge in [0.1, 0.15) is 12.6 Å². The molecule has 4 aromatic rings. The van der Waals surface area contributed by atoms with Crippen LogP contribution in [0.5, 0.6) is 0 Å². The van der Waals surface area contributed by atoms with Crippen LogP contribution in [0.25, 0.3) is 0 Å². The fourth-order valence-electron chi connectivity index (χ4n) is 4.68. The summed E-state index contributed by atoms with van der Waals surface area (Å²) in [5.41, 5.74) is 3.58. The van der Waals surface area contributed by atoms with Gasteiger partial charge < -0.3 is 10.2 Å². The van der Waals surface area contributed by atoms with E-state index in [1.54, 1.807) is 48.5 Å². The summed E-state index contributed by atoms with van der Waals surface area (Å²) in [6.07, 6.45) is 0.201. The molecule has 0 aliphatic rings. The zero-order chi connectivity index (χ0) is 31.1. The standard InChI is InChI=1S/C33H33Cl2N3O4S/c1-23-14-17-28(18-24(23)2)38(43(41,42)29-12-8-5-9-13-29)22-32(39)37(21-26-15-16-27(34)20-30(26)35)31(33(40)36-3)19-25-10-6-4-7-11-25/h4-18,20,31H,19,21-22H2,1-3H3,(H,36,40)/t31-/m1/s1. The summed E-state index contributed by atoms with van der Waals surface area (Å²) in [7, 11) is -2.67. The highest BCUT2D eigenvalue weighted by molar-refractivity contribution is 7.92. The molecule has 4 aromatic carbocycles. The quantitative estimate of drug-likeness (QED) is 0.212. The Labute approximate surface area is 263 Å². The van der Waals surface area contributed by atoms with Gasteiger partial charge in [-0.05, 0) is 72.5 Å². The molecule has 7 nitrogen and oxygen atoms in total. The lowest BCUT2D eigenvalue weighted by molar-refractivity contribution is -0.139. The molecule has 0 unspecified atom stereocenters. The van der Waals surface area contributed by atoms with Gasteiger partial charge in [0.25, 0.3) is 10.0 Å². The Bertz CT molecular complexity index is 1700. The number of sulfonamides is 1. The Kier molecular flexibility index (Phi) is 10.5. The van der Waals surface area contributed by atoms with E-state index in [0.29, 0.717) is 21.3 Å². The van der Waals surface area contributed by atoms with Crippen LogP contribution in [-0.2, 0) is 32.6 Å². The first-order chi connectivity index (χ1) is 20.5. The van der Waals surface area contributed by atoms with E-state index in [1.165, 1.54) is 24.1 Å². The maximum atomic E-state index is 14.4. The molecule has 0 aliphatic carbocycles. The molecular weight excluding hydrogens is 605 g/mol. The largest absolute Gasteiger partial charge is 0.357 e. The van der Waals surface area contributed by atoms with Crippen LogP contribution in [-0.4, -0.2) is 44.8 Å². The number of benzene rings is 4. The first-order valence-corrected chi connectivity index (χ1v) is 15.8. The van der Waals surface area contributed by atoms with E-state index >= 15 is 0 Å². The number of likely N-dealkylation sites (N-methyl/N-ethyl adjacent to an activating group) is 1. The van der Waals surface area contributed by atoms with Crippen LogP contribution >= 0.6 is 23.2 Å². The van der Waals surface area contributed by atoms with Crippen molar-refractivity contribution in [1.82, 2.24) is 10.2 Å². The Morgan fingerprint density at radius 3 is 2.09 bits per heavy atom. The first kappa shape index (κ1) is 32.1. The number of halogens is 2. The molecule has 10 heteroatoms. The van der Waals surface area contributed by atoms with Crippen LogP contribution in [0.15, 0.2) is 102 Å². The van der Waals surface area contributed by atoms with E-state index in [2.05, 4.69) is 5.32 Å². The second-order valence-electron chi connectivity index (χ2n) is 10.2. The third-order valence-electron chi connectivity index (χ3n) is 7.26. The summed E-state index contributed by atoms with van der Waals surface area (Å²) in [6, 6.07) is 26.4. The monoisotopic (exact) mass is 637 g/mol. The van der Waals surface area contributed by atoms with Crippen molar-refractivity contribution in [3.63, 3.8) is 0 Å². The maximum Gasteiger partial charge on any atom is 0.264 e. The zero-order valence-corrected chi connectivity index (χ0v) is 26.5. The number of carbonyl (C=O) groups is 2. The normalized spacial score (nSPS) is 11.9. The zero-order valence-electron chi connectivity index (χ0n) is 24.1. The van der Waals surface area contributed by atoms with Crippen molar-refractivity contribution < 1.29 is 18.0 Å². The van der Waals surface area contributed by atoms with Gasteiger partial charge in [-0.15, -0.1) is 0 Å². The SMILES string of the molecule is CNC(=O)[C@@H](Cc1ccccc1)N(Cc1ccc(Cl)cc1Cl)C(=O)CN(c1ccc(C)c(C)c1)S(=O)(=O)c1ccccc1. The van der Waals surface area contributed by atoms with Crippen molar-refractivity contribution in [2.24, 2.45) is 0 Å². The Morgan fingerprint density at radius 1 is 0.837 bits per heavy atom. The van der Waals surface area contributed by atoms with Crippen molar-refractivity contribution in [3.05, 3.63) is 129 Å². The average molecular weight is 639 g/mol. The molecule has 2 amide bonds. The van der Waals surface area contributed by atoms with E-state index in [9.17, 15) is 18.0 Å². The number of nitrogens with zero attached hydrogens (tertiary/aromatic N) is 2. The van der Waals surface area contributed by atoms with Crippen molar-refractivity contribution in [1.29, 1.82) is 0 Å². The van der Waals surface area contributed by atoms with Gasteiger partial charge >= 0.3 is 0 Å². The molecule has 1 atom stereocenters. The number of aryl methyl sites for hydroxylation is 2. The molecule has 0 saturated heterocycles. The Balaban J connectivity index is 1.82. The topological polar surface area (TPSA) is 86.8 Å². The lowest BCUT2D eigenvalue weighted by Crippen LogP contribution is -2.53. The van der Waals surface area contributed by atoms with Gasteiger partial charge in [0.15, 0.2) is 0 Å². The van der Waals surface area contributed by atoms with Crippen molar-refractivity contribution >= 4 is 50.7 Å². The van der Waals surface area contributed by atoms with E-state index in [0.717, 1.165) is 21.0 Å². The fourth-order valence-corrected chi connectivity index (χ4v) is 6.58. The minimum Gasteiger partial charge on any atom is -0.357 e. The third kappa shape index (κ3) is 7.76. The van der Waals surface area contributed by atoms with Gasteiger partial charge in [0, 0.05) is 30.1 Å². The summed E-state index contributed by atoms with van der Waals surface area (Å²) >= 11 is 12.6.